The van der Waals surface area contributed by atoms with E-state index in [1.807, 2.05) is 0 Å². The van der Waals surface area contributed by atoms with E-state index < -0.39 is 16.1 Å². The SMILES string of the molecule is COc1cc(C(O)CCC2CCN(CCNS(C)(=O)=O)CC2)cc(Cl)c1N. The Morgan fingerprint density at radius 1 is 1.41 bits per heavy atom. The molecular weight excluding hydrogens is 390 g/mol. The molecule has 27 heavy (non-hydrogen) atoms. The zero-order chi connectivity index (χ0) is 20.0. The molecule has 1 aliphatic heterocycles. The number of rotatable bonds is 9. The quantitative estimate of drug-likeness (QED) is 0.529. The van der Waals surface area contributed by atoms with E-state index in [0.717, 1.165) is 44.5 Å². The van der Waals surface area contributed by atoms with Crippen molar-refractivity contribution in [2.45, 2.75) is 31.8 Å². The molecule has 7 nitrogen and oxygen atoms in total. The number of hydrogen-bond donors (Lipinski definition) is 3. The molecule has 1 saturated heterocycles. The molecule has 1 atom stereocenters. The first-order chi connectivity index (χ1) is 12.7. The van der Waals surface area contributed by atoms with E-state index >= 15 is 0 Å². The van der Waals surface area contributed by atoms with Crippen LogP contribution in [0, 0.1) is 5.92 Å². The molecule has 1 aromatic carbocycles. The van der Waals surface area contributed by atoms with Gasteiger partial charge in [0, 0.05) is 13.1 Å². The van der Waals surface area contributed by atoms with Crippen LogP contribution in [0.25, 0.3) is 0 Å². The van der Waals surface area contributed by atoms with Crippen molar-refractivity contribution < 1.29 is 18.3 Å². The molecule has 1 unspecified atom stereocenters. The summed E-state index contributed by atoms with van der Waals surface area (Å²) >= 11 is 6.11. The number of methoxy groups -OCH3 is 1. The van der Waals surface area contributed by atoms with Gasteiger partial charge in [0.15, 0.2) is 0 Å². The molecule has 0 radical (unpaired) electrons. The number of piperidine rings is 1. The Balaban J connectivity index is 1.76. The van der Waals surface area contributed by atoms with Crippen molar-refractivity contribution in [3.05, 3.63) is 22.7 Å². The maximum absolute atomic E-state index is 11.1. The van der Waals surface area contributed by atoms with E-state index in [2.05, 4.69) is 9.62 Å². The molecule has 1 fully saturated rings. The number of aliphatic hydroxyl groups excluding tert-OH is 1. The molecule has 0 bridgehead atoms. The Morgan fingerprint density at radius 3 is 2.67 bits per heavy atom. The number of anilines is 1. The summed E-state index contributed by atoms with van der Waals surface area (Å²) in [5.41, 5.74) is 6.94. The molecule has 154 valence electrons. The van der Waals surface area contributed by atoms with E-state index in [1.54, 1.807) is 12.1 Å². The molecule has 4 N–H and O–H groups in total. The Bertz CT molecular complexity index is 722. The highest BCUT2D eigenvalue weighted by Gasteiger charge is 2.21. The van der Waals surface area contributed by atoms with Gasteiger partial charge in [-0.3, -0.25) is 0 Å². The first-order valence-corrected chi connectivity index (χ1v) is 11.4. The summed E-state index contributed by atoms with van der Waals surface area (Å²) in [5, 5.41) is 10.9. The minimum Gasteiger partial charge on any atom is -0.495 e. The van der Waals surface area contributed by atoms with Crippen molar-refractivity contribution in [1.29, 1.82) is 0 Å². The molecule has 0 amide bonds. The van der Waals surface area contributed by atoms with Gasteiger partial charge in [-0.2, -0.15) is 0 Å². The lowest BCUT2D eigenvalue weighted by Gasteiger charge is -2.32. The molecule has 1 heterocycles. The number of halogens is 1. The maximum atomic E-state index is 11.1. The van der Waals surface area contributed by atoms with Crippen molar-refractivity contribution in [3.8, 4) is 5.75 Å². The molecule has 0 saturated carbocycles. The fourth-order valence-electron chi connectivity index (χ4n) is 3.42. The lowest BCUT2D eigenvalue weighted by Crippen LogP contribution is -2.39. The van der Waals surface area contributed by atoms with E-state index in [9.17, 15) is 13.5 Å². The van der Waals surface area contributed by atoms with Crippen LogP contribution >= 0.6 is 11.6 Å². The summed E-state index contributed by atoms with van der Waals surface area (Å²) in [6.07, 6.45) is 4.27. The van der Waals surface area contributed by atoms with Crippen LogP contribution in [0.2, 0.25) is 5.02 Å². The summed E-state index contributed by atoms with van der Waals surface area (Å²) in [6.45, 7) is 3.08. The third-order valence-corrected chi connectivity index (χ3v) is 6.11. The average Bonchev–Trinajstić information content (AvgIpc) is 2.62. The van der Waals surface area contributed by atoms with Crippen LogP contribution in [0.1, 0.15) is 37.4 Å². The van der Waals surface area contributed by atoms with Gasteiger partial charge in [-0.05, 0) is 62.4 Å². The lowest BCUT2D eigenvalue weighted by molar-refractivity contribution is 0.135. The number of nitrogens with one attached hydrogen (secondary N) is 1. The number of benzene rings is 1. The second-order valence-corrected chi connectivity index (χ2v) is 9.40. The average molecular weight is 420 g/mol. The van der Waals surface area contributed by atoms with Crippen LogP contribution < -0.4 is 15.2 Å². The van der Waals surface area contributed by atoms with Gasteiger partial charge in [-0.25, -0.2) is 13.1 Å². The number of aliphatic hydroxyl groups is 1. The number of nitrogens with two attached hydrogens (primary N) is 1. The minimum atomic E-state index is -3.12. The van der Waals surface area contributed by atoms with Crippen molar-refractivity contribution in [3.63, 3.8) is 0 Å². The fraction of sp³-hybridized carbons (Fsp3) is 0.667. The van der Waals surface area contributed by atoms with Crippen molar-refractivity contribution >= 4 is 27.3 Å². The summed E-state index contributed by atoms with van der Waals surface area (Å²) in [5.74, 6) is 1.04. The van der Waals surface area contributed by atoms with E-state index in [1.165, 1.54) is 13.4 Å². The third kappa shape index (κ3) is 7.12. The maximum Gasteiger partial charge on any atom is 0.208 e. The molecule has 0 aromatic heterocycles. The van der Waals surface area contributed by atoms with Crippen LogP contribution in [0.4, 0.5) is 5.69 Å². The van der Waals surface area contributed by atoms with Gasteiger partial charge in [-0.15, -0.1) is 0 Å². The van der Waals surface area contributed by atoms with Crippen LogP contribution in [0.3, 0.4) is 0 Å². The second kappa shape index (κ2) is 9.93. The van der Waals surface area contributed by atoms with Gasteiger partial charge in [0.1, 0.15) is 5.75 Å². The second-order valence-electron chi connectivity index (χ2n) is 7.16. The zero-order valence-electron chi connectivity index (χ0n) is 15.9. The van der Waals surface area contributed by atoms with Gasteiger partial charge >= 0.3 is 0 Å². The van der Waals surface area contributed by atoms with Crippen LogP contribution in [0.15, 0.2) is 12.1 Å². The molecule has 1 aliphatic rings. The van der Waals surface area contributed by atoms with Gasteiger partial charge < -0.3 is 20.5 Å². The Morgan fingerprint density at radius 2 is 2.07 bits per heavy atom. The fourth-order valence-corrected chi connectivity index (χ4v) is 4.10. The predicted molar refractivity (Wildman–Crippen MR) is 109 cm³/mol. The molecule has 2 rings (SSSR count). The normalized spacial score (nSPS) is 17.8. The number of ether oxygens (including phenoxy) is 1. The van der Waals surface area contributed by atoms with Crippen LogP contribution in [-0.2, 0) is 10.0 Å². The number of nitrogen functional groups attached to an aromatic ring is 1. The van der Waals surface area contributed by atoms with Crippen molar-refractivity contribution in [1.82, 2.24) is 9.62 Å². The Kier molecular flexibility index (Phi) is 8.18. The van der Waals surface area contributed by atoms with Crippen LogP contribution in [0.5, 0.6) is 5.75 Å². The highest BCUT2D eigenvalue weighted by atomic mass is 35.5. The molecular formula is C18H30ClN3O4S. The molecule has 1 aromatic rings. The molecule has 0 spiro atoms. The monoisotopic (exact) mass is 419 g/mol. The number of likely N-dealkylation sites (tertiary alicyclic amines) is 1. The standard InChI is InChI=1S/C18H30ClN3O4S/c1-26-17-12-14(11-15(19)18(17)20)16(23)4-3-13-5-8-22(9-6-13)10-7-21-27(2,24)25/h11-13,16,21,23H,3-10,20H2,1-2H3. The van der Waals surface area contributed by atoms with E-state index in [-0.39, 0.29) is 0 Å². The highest BCUT2D eigenvalue weighted by molar-refractivity contribution is 7.88. The van der Waals surface area contributed by atoms with Crippen LogP contribution in [-0.4, -0.2) is 58.0 Å². The first kappa shape index (κ1) is 22.2. The minimum absolute atomic E-state index is 0.382. The molecule has 0 aliphatic carbocycles. The zero-order valence-corrected chi connectivity index (χ0v) is 17.5. The van der Waals surface area contributed by atoms with Crippen molar-refractivity contribution in [2.75, 3.05) is 45.3 Å². The predicted octanol–water partition coefficient (Wildman–Crippen LogP) is 2.01. The number of sulfonamides is 1. The van der Waals surface area contributed by atoms with E-state index in [0.29, 0.717) is 35.3 Å². The van der Waals surface area contributed by atoms with Crippen molar-refractivity contribution in [2.24, 2.45) is 5.92 Å². The topological polar surface area (TPSA) is 105 Å². The summed E-state index contributed by atoms with van der Waals surface area (Å²) in [4.78, 5) is 2.27. The van der Waals surface area contributed by atoms with Gasteiger partial charge in [0.25, 0.3) is 0 Å². The summed E-state index contributed by atoms with van der Waals surface area (Å²) in [7, 11) is -1.60. The highest BCUT2D eigenvalue weighted by Crippen LogP contribution is 2.35. The smallest absolute Gasteiger partial charge is 0.208 e. The summed E-state index contributed by atoms with van der Waals surface area (Å²) < 4.78 is 29.9. The number of nitrogens with zero attached hydrogens (tertiary/aromatic N) is 1. The van der Waals surface area contributed by atoms with E-state index in [4.69, 9.17) is 22.1 Å². The lowest BCUT2D eigenvalue weighted by atomic mass is 9.90. The van der Waals surface area contributed by atoms with Gasteiger partial charge in [-0.1, -0.05) is 11.6 Å². The third-order valence-electron chi connectivity index (χ3n) is 5.07. The Labute approximate surface area is 166 Å². The van der Waals surface area contributed by atoms with Gasteiger partial charge in [0.05, 0.1) is 30.2 Å². The van der Waals surface area contributed by atoms with Gasteiger partial charge in [0.2, 0.25) is 10.0 Å². The molecule has 9 heteroatoms. The Hall–Kier alpha value is -1.06. The first-order valence-electron chi connectivity index (χ1n) is 9.17. The largest absolute Gasteiger partial charge is 0.495 e. The summed E-state index contributed by atoms with van der Waals surface area (Å²) in [6, 6.07) is 3.44. The number of hydrogen-bond acceptors (Lipinski definition) is 6.